The molecule has 0 radical (unpaired) electrons. The first-order valence-electron chi connectivity index (χ1n) is 7.27. The van der Waals surface area contributed by atoms with Crippen LogP contribution in [0.3, 0.4) is 0 Å². The van der Waals surface area contributed by atoms with Crippen LogP contribution in [0.5, 0.6) is 0 Å². The molecule has 0 amide bonds. The minimum absolute atomic E-state index is 0.0234. The molecule has 2 aromatic carbocycles. The van der Waals surface area contributed by atoms with E-state index in [9.17, 15) is 4.79 Å². The number of para-hydroxylation sites is 2. The average molecular weight is 339 g/mol. The zero-order valence-corrected chi connectivity index (χ0v) is 13.2. The van der Waals surface area contributed by atoms with E-state index in [1.54, 1.807) is 24.3 Å². The Hall–Kier alpha value is -2.92. The average Bonchev–Trinajstić information content (AvgIpc) is 3.02. The summed E-state index contributed by atoms with van der Waals surface area (Å²) < 4.78 is 10.8. The van der Waals surface area contributed by atoms with Crippen molar-refractivity contribution in [3.05, 3.63) is 71.2 Å². The predicted molar refractivity (Wildman–Crippen MR) is 89.9 cm³/mol. The number of hydrogen-bond donors (Lipinski definition) is 0. The van der Waals surface area contributed by atoms with Crippen molar-refractivity contribution in [1.29, 1.82) is 0 Å². The number of halogens is 1. The Labute approximate surface area is 141 Å². The molecule has 0 aliphatic rings. The highest BCUT2D eigenvalue weighted by Crippen LogP contribution is 2.19. The van der Waals surface area contributed by atoms with Gasteiger partial charge in [-0.1, -0.05) is 23.7 Å². The highest BCUT2D eigenvalue weighted by Gasteiger charge is 2.12. The van der Waals surface area contributed by atoms with E-state index in [0.717, 1.165) is 16.4 Å². The third-order valence-electron chi connectivity index (χ3n) is 3.56. The normalized spacial score (nSPS) is 11.0. The van der Waals surface area contributed by atoms with E-state index in [0.29, 0.717) is 22.2 Å². The number of aromatic nitrogens is 2. The number of ether oxygens (including phenoxy) is 1. The summed E-state index contributed by atoms with van der Waals surface area (Å²) in [6.07, 6.45) is 0. The van der Waals surface area contributed by atoms with Gasteiger partial charge >= 0.3 is 5.97 Å². The molecule has 6 heteroatoms. The molecule has 0 fully saturated rings. The Balaban J connectivity index is 1.52. The van der Waals surface area contributed by atoms with Crippen LogP contribution >= 0.6 is 11.6 Å². The van der Waals surface area contributed by atoms with Crippen molar-refractivity contribution in [3.63, 3.8) is 0 Å². The molecule has 0 saturated heterocycles. The fourth-order valence-electron chi connectivity index (χ4n) is 2.42. The summed E-state index contributed by atoms with van der Waals surface area (Å²) in [5, 5.41) is 1.23. The number of esters is 1. The summed E-state index contributed by atoms with van der Waals surface area (Å²) in [4.78, 5) is 20.7. The number of nitrogens with zero attached hydrogens (tertiary/aromatic N) is 2. The minimum atomic E-state index is -0.450. The molecule has 5 nitrogen and oxygen atoms in total. The van der Waals surface area contributed by atoms with Crippen molar-refractivity contribution in [2.24, 2.45) is 0 Å². The van der Waals surface area contributed by atoms with Gasteiger partial charge in [-0.2, -0.15) is 0 Å². The number of fused-ring (bicyclic) bond motifs is 2. The van der Waals surface area contributed by atoms with Crippen LogP contribution in [-0.2, 0) is 11.3 Å². The highest BCUT2D eigenvalue weighted by molar-refractivity contribution is 6.29. The fourth-order valence-corrected chi connectivity index (χ4v) is 2.57. The number of benzene rings is 2. The number of hydrogen-bond acceptors (Lipinski definition) is 5. The number of rotatable bonds is 3. The van der Waals surface area contributed by atoms with Gasteiger partial charge in [0.15, 0.2) is 12.2 Å². The maximum atomic E-state index is 12.2. The van der Waals surface area contributed by atoms with Gasteiger partial charge in [-0.05, 0) is 42.5 Å². The number of carbonyl (C=O) groups is 1. The lowest BCUT2D eigenvalue weighted by atomic mass is 10.1. The molecular formula is C18H11ClN2O3. The molecule has 0 bridgehead atoms. The Kier molecular flexibility index (Phi) is 3.63. The monoisotopic (exact) mass is 338 g/mol. The first-order valence-corrected chi connectivity index (χ1v) is 7.65. The van der Waals surface area contributed by atoms with Crippen molar-refractivity contribution < 1.29 is 13.9 Å². The predicted octanol–water partition coefficient (Wildman–Crippen LogP) is 4.39. The molecule has 0 unspecified atom stereocenters. The van der Waals surface area contributed by atoms with Gasteiger partial charge in [-0.25, -0.2) is 14.8 Å². The van der Waals surface area contributed by atoms with E-state index < -0.39 is 5.97 Å². The molecule has 0 saturated carbocycles. The quantitative estimate of drug-likeness (QED) is 0.409. The molecular weight excluding hydrogens is 328 g/mol. The van der Waals surface area contributed by atoms with Gasteiger partial charge in [0.25, 0.3) is 0 Å². The lowest BCUT2D eigenvalue weighted by molar-refractivity contribution is 0.0440. The largest absolute Gasteiger partial charge is 0.452 e. The van der Waals surface area contributed by atoms with E-state index in [-0.39, 0.29) is 6.61 Å². The Morgan fingerprint density at radius 2 is 1.92 bits per heavy atom. The van der Waals surface area contributed by atoms with E-state index in [2.05, 4.69) is 9.97 Å². The maximum absolute atomic E-state index is 12.2. The number of carbonyl (C=O) groups excluding carboxylic acids is 1. The maximum Gasteiger partial charge on any atom is 0.338 e. The van der Waals surface area contributed by atoms with Crippen LogP contribution in [0.15, 0.2) is 59.0 Å². The standard InChI is InChI=1S/C18H11ClN2O3/c19-16-8-6-11-9-12(5-7-13(11)20-16)18(22)23-10-17-21-14-3-1-2-4-15(14)24-17/h1-9H,10H2. The molecule has 24 heavy (non-hydrogen) atoms. The smallest absolute Gasteiger partial charge is 0.338 e. The molecule has 118 valence electrons. The van der Waals surface area contributed by atoms with Crippen molar-refractivity contribution in [2.75, 3.05) is 0 Å². The third-order valence-corrected chi connectivity index (χ3v) is 3.77. The summed E-state index contributed by atoms with van der Waals surface area (Å²) in [5.41, 5.74) is 2.55. The second kappa shape index (κ2) is 5.94. The fraction of sp³-hybridized carbons (Fsp3) is 0.0556. The Morgan fingerprint density at radius 3 is 2.79 bits per heavy atom. The summed E-state index contributed by atoms with van der Waals surface area (Å²) >= 11 is 5.85. The van der Waals surface area contributed by atoms with E-state index in [1.165, 1.54) is 0 Å². The van der Waals surface area contributed by atoms with Crippen LogP contribution in [-0.4, -0.2) is 15.9 Å². The highest BCUT2D eigenvalue weighted by atomic mass is 35.5. The zero-order valence-electron chi connectivity index (χ0n) is 12.4. The van der Waals surface area contributed by atoms with E-state index in [4.69, 9.17) is 20.8 Å². The minimum Gasteiger partial charge on any atom is -0.452 e. The zero-order chi connectivity index (χ0) is 16.5. The van der Waals surface area contributed by atoms with Gasteiger partial charge in [-0.3, -0.25) is 0 Å². The number of oxazole rings is 1. The summed E-state index contributed by atoms with van der Waals surface area (Å²) in [6.45, 7) is -0.0234. The van der Waals surface area contributed by atoms with E-state index >= 15 is 0 Å². The van der Waals surface area contributed by atoms with Gasteiger partial charge < -0.3 is 9.15 Å². The van der Waals surface area contributed by atoms with Gasteiger partial charge in [0.1, 0.15) is 10.7 Å². The van der Waals surface area contributed by atoms with Gasteiger partial charge in [0, 0.05) is 5.39 Å². The summed E-state index contributed by atoms with van der Waals surface area (Å²) in [7, 11) is 0. The SMILES string of the molecule is O=C(OCc1nc2ccccc2o1)c1ccc2nc(Cl)ccc2c1. The second-order valence-corrected chi connectivity index (χ2v) is 5.58. The van der Waals surface area contributed by atoms with Crippen molar-refractivity contribution in [1.82, 2.24) is 9.97 Å². The van der Waals surface area contributed by atoms with Crippen molar-refractivity contribution >= 4 is 39.6 Å². The first kappa shape index (κ1) is 14.7. The van der Waals surface area contributed by atoms with E-state index in [1.807, 2.05) is 30.3 Å². The van der Waals surface area contributed by atoms with Crippen molar-refractivity contribution in [3.8, 4) is 0 Å². The molecule has 2 aromatic heterocycles. The van der Waals surface area contributed by atoms with Gasteiger partial charge in [-0.15, -0.1) is 0 Å². The molecule has 2 heterocycles. The molecule has 4 aromatic rings. The molecule has 4 rings (SSSR count). The van der Waals surface area contributed by atoms with Crippen LogP contribution < -0.4 is 0 Å². The first-order chi connectivity index (χ1) is 11.7. The van der Waals surface area contributed by atoms with Crippen LogP contribution in [0.4, 0.5) is 0 Å². The molecule has 0 aliphatic carbocycles. The molecule has 0 N–H and O–H groups in total. The lowest BCUT2D eigenvalue weighted by Gasteiger charge is -2.04. The molecule has 0 aliphatic heterocycles. The number of pyridine rings is 1. The van der Waals surface area contributed by atoms with Crippen LogP contribution in [0, 0.1) is 0 Å². The third kappa shape index (κ3) is 2.81. The summed E-state index contributed by atoms with van der Waals surface area (Å²) in [5.74, 6) is -0.0899. The van der Waals surface area contributed by atoms with Crippen LogP contribution in [0.2, 0.25) is 5.15 Å². The van der Waals surface area contributed by atoms with Gasteiger partial charge in [0.2, 0.25) is 5.89 Å². The van der Waals surface area contributed by atoms with Crippen LogP contribution in [0.25, 0.3) is 22.0 Å². The molecule has 0 atom stereocenters. The Morgan fingerprint density at radius 1 is 1.04 bits per heavy atom. The van der Waals surface area contributed by atoms with Crippen LogP contribution in [0.1, 0.15) is 16.2 Å². The van der Waals surface area contributed by atoms with Gasteiger partial charge in [0.05, 0.1) is 11.1 Å². The second-order valence-electron chi connectivity index (χ2n) is 5.19. The van der Waals surface area contributed by atoms with Crippen molar-refractivity contribution in [2.45, 2.75) is 6.61 Å². The lowest BCUT2D eigenvalue weighted by Crippen LogP contribution is -2.05. The summed E-state index contributed by atoms with van der Waals surface area (Å²) in [6, 6.07) is 16.0. The topological polar surface area (TPSA) is 65.2 Å². The molecule has 0 spiro atoms. The Bertz CT molecular complexity index is 1030.